The zero-order valence-corrected chi connectivity index (χ0v) is 12.4. The lowest BCUT2D eigenvalue weighted by Crippen LogP contribution is -2.28. The summed E-state index contributed by atoms with van der Waals surface area (Å²) in [6, 6.07) is 18.8. The highest BCUT2D eigenvalue weighted by Crippen LogP contribution is 2.20. The van der Waals surface area contributed by atoms with Crippen LogP contribution in [0.3, 0.4) is 0 Å². The van der Waals surface area contributed by atoms with E-state index in [1.807, 2.05) is 42.5 Å². The summed E-state index contributed by atoms with van der Waals surface area (Å²) in [5.41, 5.74) is 1.10. The van der Waals surface area contributed by atoms with Crippen molar-refractivity contribution in [2.24, 2.45) is 0 Å². The largest absolute Gasteiger partial charge is 0.387 e. The summed E-state index contributed by atoms with van der Waals surface area (Å²) < 4.78 is 12.8. The van der Waals surface area contributed by atoms with E-state index in [0.717, 1.165) is 16.3 Å². The number of halogens is 1. The molecule has 3 rings (SSSR count). The minimum absolute atomic E-state index is 0.0918. The predicted octanol–water partition coefficient (Wildman–Crippen LogP) is 3.44. The monoisotopic (exact) mass is 309 g/mol. The maximum absolute atomic E-state index is 12.8. The Morgan fingerprint density at radius 2 is 1.70 bits per heavy atom. The van der Waals surface area contributed by atoms with Crippen molar-refractivity contribution in [3.05, 3.63) is 83.7 Å². The first-order chi connectivity index (χ1) is 11.1. The van der Waals surface area contributed by atoms with Gasteiger partial charge in [-0.15, -0.1) is 0 Å². The first kappa shape index (κ1) is 15.2. The summed E-state index contributed by atoms with van der Waals surface area (Å²) in [6.45, 7) is 0.0918. The molecule has 0 saturated heterocycles. The minimum Gasteiger partial charge on any atom is -0.387 e. The van der Waals surface area contributed by atoms with Gasteiger partial charge in [-0.3, -0.25) is 4.79 Å². The number of carbonyl (C=O) groups is 1. The lowest BCUT2D eigenvalue weighted by atomic mass is 10.0. The van der Waals surface area contributed by atoms with Crippen LogP contribution in [0.1, 0.15) is 22.0 Å². The number of hydrogen-bond donors (Lipinski definition) is 2. The summed E-state index contributed by atoms with van der Waals surface area (Å²) in [6.07, 6.45) is -0.802. The molecule has 3 aromatic rings. The van der Waals surface area contributed by atoms with E-state index < -0.39 is 11.9 Å². The molecule has 0 saturated carbocycles. The van der Waals surface area contributed by atoms with Gasteiger partial charge in [0.2, 0.25) is 0 Å². The van der Waals surface area contributed by atoms with Crippen molar-refractivity contribution in [2.75, 3.05) is 6.54 Å². The van der Waals surface area contributed by atoms with E-state index in [2.05, 4.69) is 5.32 Å². The van der Waals surface area contributed by atoms with E-state index in [-0.39, 0.29) is 12.5 Å². The van der Waals surface area contributed by atoms with Gasteiger partial charge in [-0.25, -0.2) is 4.39 Å². The SMILES string of the molecule is O=C(NCC(O)c1ccc2ccccc2c1)c1ccc(F)cc1. The number of nitrogens with one attached hydrogen (secondary N) is 1. The topological polar surface area (TPSA) is 49.3 Å². The molecular weight excluding hydrogens is 293 g/mol. The molecule has 0 fully saturated rings. The van der Waals surface area contributed by atoms with E-state index in [1.54, 1.807) is 0 Å². The zero-order valence-electron chi connectivity index (χ0n) is 12.4. The van der Waals surface area contributed by atoms with Crippen LogP contribution >= 0.6 is 0 Å². The number of aliphatic hydroxyl groups is 1. The second-order valence-corrected chi connectivity index (χ2v) is 5.34. The van der Waals surface area contributed by atoms with E-state index in [0.29, 0.717) is 5.56 Å². The molecule has 1 atom stereocenters. The highest BCUT2D eigenvalue weighted by Gasteiger charge is 2.11. The number of benzene rings is 3. The summed E-state index contributed by atoms with van der Waals surface area (Å²) in [4.78, 5) is 12.0. The normalized spacial score (nSPS) is 12.1. The Kier molecular flexibility index (Phi) is 4.35. The van der Waals surface area contributed by atoms with Crippen LogP contribution in [0.15, 0.2) is 66.7 Å². The Morgan fingerprint density at radius 3 is 2.43 bits per heavy atom. The number of carbonyl (C=O) groups excluding carboxylic acids is 1. The van der Waals surface area contributed by atoms with Crippen LogP contribution in [0, 0.1) is 5.82 Å². The van der Waals surface area contributed by atoms with Crippen molar-refractivity contribution in [1.82, 2.24) is 5.32 Å². The number of amides is 1. The summed E-state index contributed by atoms with van der Waals surface area (Å²) in [5.74, 6) is -0.734. The van der Waals surface area contributed by atoms with Crippen LogP contribution < -0.4 is 5.32 Å². The summed E-state index contributed by atoms with van der Waals surface area (Å²) in [7, 11) is 0. The van der Waals surface area contributed by atoms with Crippen LogP contribution in [0.4, 0.5) is 4.39 Å². The molecule has 0 bridgehead atoms. The average Bonchev–Trinajstić information content (AvgIpc) is 2.59. The molecule has 1 unspecified atom stereocenters. The first-order valence-electron chi connectivity index (χ1n) is 7.34. The first-order valence-corrected chi connectivity index (χ1v) is 7.34. The van der Waals surface area contributed by atoms with Gasteiger partial charge in [0.05, 0.1) is 6.10 Å². The van der Waals surface area contributed by atoms with Crippen LogP contribution in [0.25, 0.3) is 10.8 Å². The molecule has 23 heavy (non-hydrogen) atoms. The molecule has 3 nitrogen and oxygen atoms in total. The van der Waals surface area contributed by atoms with E-state index >= 15 is 0 Å². The summed E-state index contributed by atoms with van der Waals surface area (Å²) >= 11 is 0. The molecular formula is C19H16FNO2. The van der Waals surface area contributed by atoms with E-state index in [1.165, 1.54) is 24.3 Å². The van der Waals surface area contributed by atoms with Crippen LogP contribution in [0.2, 0.25) is 0 Å². The number of hydrogen-bond acceptors (Lipinski definition) is 2. The molecule has 4 heteroatoms. The van der Waals surface area contributed by atoms with Gasteiger partial charge in [-0.2, -0.15) is 0 Å². The molecule has 0 aromatic heterocycles. The van der Waals surface area contributed by atoms with E-state index in [9.17, 15) is 14.3 Å². The lowest BCUT2D eigenvalue weighted by Gasteiger charge is -2.13. The average molecular weight is 309 g/mol. The van der Waals surface area contributed by atoms with Crippen molar-refractivity contribution in [1.29, 1.82) is 0 Å². The Bertz CT molecular complexity index is 830. The van der Waals surface area contributed by atoms with Gasteiger partial charge in [0.1, 0.15) is 5.82 Å². The Balaban J connectivity index is 1.67. The fourth-order valence-electron chi connectivity index (χ4n) is 2.43. The fourth-order valence-corrected chi connectivity index (χ4v) is 2.43. The third-order valence-electron chi connectivity index (χ3n) is 3.72. The second kappa shape index (κ2) is 6.58. The molecule has 0 aliphatic heterocycles. The quantitative estimate of drug-likeness (QED) is 0.775. The third-order valence-corrected chi connectivity index (χ3v) is 3.72. The van der Waals surface area contributed by atoms with Gasteiger partial charge < -0.3 is 10.4 Å². The van der Waals surface area contributed by atoms with Crippen molar-refractivity contribution in [3.63, 3.8) is 0 Å². The smallest absolute Gasteiger partial charge is 0.251 e. The highest BCUT2D eigenvalue weighted by molar-refractivity contribution is 5.94. The molecule has 1 amide bonds. The molecule has 0 spiro atoms. The third kappa shape index (κ3) is 3.55. The van der Waals surface area contributed by atoms with Crippen molar-refractivity contribution < 1.29 is 14.3 Å². The van der Waals surface area contributed by atoms with Gasteiger partial charge in [-0.1, -0.05) is 36.4 Å². The molecule has 0 radical (unpaired) electrons. The molecule has 0 aliphatic rings. The maximum Gasteiger partial charge on any atom is 0.251 e. The molecule has 3 aromatic carbocycles. The van der Waals surface area contributed by atoms with Crippen molar-refractivity contribution in [2.45, 2.75) is 6.10 Å². The van der Waals surface area contributed by atoms with Gasteiger partial charge in [0.25, 0.3) is 5.91 Å². The summed E-state index contributed by atoms with van der Waals surface area (Å²) in [5, 5.41) is 15.0. The maximum atomic E-state index is 12.8. The number of fused-ring (bicyclic) bond motifs is 1. The van der Waals surface area contributed by atoms with Crippen LogP contribution in [-0.4, -0.2) is 17.6 Å². The number of aliphatic hydroxyl groups excluding tert-OH is 1. The van der Waals surface area contributed by atoms with Gasteiger partial charge in [0, 0.05) is 12.1 Å². The van der Waals surface area contributed by atoms with E-state index in [4.69, 9.17) is 0 Å². The predicted molar refractivity (Wildman–Crippen MR) is 87.6 cm³/mol. The Morgan fingerprint density at radius 1 is 1.00 bits per heavy atom. The number of rotatable bonds is 4. The molecule has 0 heterocycles. The van der Waals surface area contributed by atoms with Crippen molar-refractivity contribution >= 4 is 16.7 Å². The van der Waals surface area contributed by atoms with Crippen LogP contribution in [0.5, 0.6) is 0 Å². The highest BCUT2D eigenvalue weighted by atomic mass is 19.1. The van der Waals surface area contributed by atoms with Gasteiger partial charge in [-0.05, 0) is 46.7 Å². The van der Waals surface area contributed by atoms with Gasteiger partial charge >= 0.3 is 0 Å². The van der Waals surface area contributed by atoms with Crippen molar-refractivity contribution in [3.8, 4) is 0 Å². The van der Waals surface area contributed by atoms with Gasteiger partial charge in [0.15, 0.2) is 0 Å². The molecule has 0 aliphatic carbocycles. The second-order valence-electron chi connectivity index (χ2n) is 5.34. The Hall–Kier alpha value is -2.72. The zero-order chi connectivity index (χ0) is 16.2. The molecule has 2 N–H and O–H groups in total. The Labute approximate surface area is 133 Å². The standard InChI is InChI=1S/C19H16FNO2/c20-17-9-7-14(8-10-17)19(23)21-12-18(22)16-6-5-13-3-1-2-4-15(13)11-16/h1-11,18,22H,12H2,(H,21,23). The fraction of sp³-hybridized carbons (Fsp3) is 0.105. The van der Waals surface area contributed by atoms with Crippen LogP contribution in [-0.2, 0) is 0 Å². The minimum atomic E-state index is -0.802. The molecule has 116 valence electrons. The lowest BCUT2D eigenvalue weighted by molar-refractivity contribution is 0.0916.